The number of nitrogens with one attached hydrogen (secondary N) is 2. The molecule has 478 valence electrons. The summed E-state index contributed by atoms with van der Waals surface area (Å²) in [5.41, 5.74) is 3.10. The van der Waals surface area contributed by atoms with E-state index in [-0.39, 0.29) is 76.3 Å². The average molecular weight is 1340 g/mol. The molecule has 6 aliphatic heterocycles. The second kappa shape index (κ2) is 27.2. The highest BCUT2D eigenvalue weighted by molar-refractivity contribution is 7.12. The van der Waals surface area contributed by atoms with Crippen LogP contribution in [0.25, 0.3) is 0 Å². The van der Waals surface area contributed by atoms with E-state index < -0.39 is 52.9 Å². The first-order valence-corrected chi connectivity index (χ1v) is 31.5. The van der Waals surface area contributed by atoms with Gasteiger partial charge in [-0.15, -0.1) is 22.7 Å². The Morgan fingerprint density at radius 1 is 0.696 bits per heavy atom. The first-order chi connectivity index (χ1) is 44.2. The number of aliphatic hydroxyl groups excluding tert-OH is 1. The van der Waals surface area contributed by atoms with Crippen molar-refractivity contribution in [2.24, 2.45) is 9.98 Å². The van der Waals surface area contributed by atoms with Gasteiger partial charge >= 0.3 is 30.0 Å². The fraction of sp³-hybridized carbons (Fsp3) is 0.333. The number of carbonyl (C=O) groups is 5. The van der Waals surface area contributed by atoms with E-state index in [2.05, 4.69) is 36.5 Å². The minimum Gasteiger partial charge on any atom is -0.481 e. The number of amidine groups is 2. The van der Waals surface area contributed by atoms with E-state index in [4.69, 9.17) is 42.7 Å². The number of hydrogen-bond acceptors (Lipinski definition) is 19. The number of benzene rings is 4. The molecule has 0 radical (unpaired) electrons. The van der Waals surface area contributed by atoms with Crippen molar-refractivity contribution >= 4 is 98.9 Å². The van der Waals surface area contributed by atoms with Gasteiger partial charge < -0.3 is 40.1 Å². The van der Waals surface area contributed by atoms with Crippen LogP contribution in [0.1, 0.15) is 63.8 Å². The number of halogens is 5. The van der Waals surface area contributed by atoms with Crippen molar-refractivity contribution in [2.45, 2.75) is 49.9 Å². The van der Waals surface area contributed by atoms with Crippen LogP contribution in [0.5, 0.6) is 0 Å². The number of piperazine rings is 2. The Hall–Kier alpha value is -8.75. The van der Waals surface area contributed by atoms with E-state index in [9.17, 15) is 52.6 Å². The molecule has 6 aromatic rings. The number of carbonyl (C=O) groups excluding carboxylic acids is 4. The zero-order valence-electron chi connectivity index (χ0n) is 49.9. The molecule has 0 unspecified atom stereocenters. The maximum atomic E-state index is 15.0. The van der Waals surface area contributed by atoms with E-state index in [0.29, 0.717) is 120 Å². The van der Waals surface area contributed by atoms with Crippen molar-refractivity contribution in [2.75, 3.05) is 96.1 Å². The normalized spacial score (nSPS) is 20.1. The van der Waals surface area contributed by atoms with Crippen LogP contribution in [0.3, 0.4) is 0 Å². The molecule has 12 rings (SSSR count). The highest BCUT2D eigenvalue weighted by Gasteiger charge is 2.46. The fourth-order valence-electron chi connectivity index (χ4n) is 12.0. The summed E-state index contributed by atoms with van der Waals surface area (Å²) in [6, 6.07) is 16.7. The number of thiazole rings is 2. The minimum absolute atomic E-state index is 0.0923. The molecule has 4 N–H and O–H groups in total. The second-order valence-corrected chi connectivity index (χ2v) is 25.4. The van der Waals surface area contributed by atoms with Crippen LogP contribution >= 0.6 is 45.9 Å². The molecule has 0 bridgehead atoms. The molecule has 0 aliphatic carbocycles. The molecule has 92 heavy (non-hydrogen) atoms. The number of urea groups is 2. The van der Waals surface area contributed by atoms with E-state index >= 15 is 0 Å². The number of nitriles is 1. The van der Waals surface area contributed by atoms with Crippen molar-refractivity contribution in [3.8, 4) is 6.07 Å². The van der Waals surface area contributed by atoms with Gasteiger partial charge in [-0.05, 0) is 79.9 Å². The third-order valence-corrected chi connectivity index (χ3v) is 19.1. The number of aliphatic hydroxyl groups is 1. The summed E-state index contributed by atoms with van der Waals surface area (Å²) < 4.78 is 53.3. The highest BCUT2D eigenvalue weighted by atomic mass is 35.5. The average Bonchev–Trinajstić information content (AvgIpc) is 1.34. The van der Waals surface area contributed by atoms with Crippen LogP contribution in [0.15, 0.2) is 128 Å². The number of rotatable bonds is 16. The van der Waals surface area contributed by atoms with Gasteiger partial charge in [-0.2, -0.15) is 5.26 Å². The standard InChI is InChI=1S/C33H31ClFN7O5S.C30H29ClF2N6O4S/c1-33(2,31(44)45)19-4-7-25(18(12-19)14-36)42-16-21-15-40(9-10-41(21)32(42)46)17-24-26(30(43)47-3)27(22-6-5-20(35)13-23(22)34)39-28(38-24)29-37-8-11-48-29;1-43-29(41)25-23(35-27(28-34-7-11-44-28)36-26(25)20-4-3-18(32)13-21(20)31)16-37-8-9-38-19(14-37)15-39(30(38)42)24-5-2-17(6-10-40)12-22(24)33/h4-8,11-13,21,27H,9-10,15-17H2,1-3H3,(H,38,39)(H,44,45);2-5,7,11-13,19,26,40H,6,8-10,14-16H2,1H3,(H,35,36)/t21-,27-;19-,26-/m00/s1. The molecule has 22 nitrogen and oxygen atoms in total. The van der Waals surface area contributed by atoms with Gasteiger partial charge in [0, 0.05) is 128 Å². The lowest BCUT2D eigenvalue weighted by molar-refractivity contribution is -0.142. The van der Waals surface area contributed by atoms with Crippen LogP contribution in [0.4, 0.5) is 34.1 Å². The van der Waals surface area contributed by atoms with E-state index in [1.807, 2.05) is 5.38 Å². The predicted molar refractivity (Wildman–Crippen MR) is 338 cm³/mol. The number of fused-ring (bicyclic) bond motifs is 2. The lowest BCUT2D eigenvalue weighted by Crippen LogP contribution is -2.53. The molecule has 4 aromatic carbocycles. The summed E-state index contributed by atoms with van der Waals surface area (Å²) in [4.78, 5) is 94.3. The maximum absolute atomic E-state index is 15.0. The minimum atomic E-state index is -1.22. The first kappa shape index (κ1) is 64.8. The van der Waals surface area contributed by atoms with Crippen LogP contribution in [-0.4, -0.2) is 180 Å². The number of aromatic nitrogens is 2. The van der Waals surface area contributed by atoms with Gasteiger partial charge in [0.2, 0.25) is 0 Å². The van der Waals surface area contributed by atoms with Crippen LogP contribution in [0, 0.1) is 28.8 Å². The van der Waals surface area contributed by atoms with Crippen LogP contribution in [-0.2, 0) is 35.7 Å². The van der Waals surface area contributed by atoms with Crippen molar-refractivity contribution in [3.05, 3.63) is 184 Å². The number of anilines is 2. The van der Waals surface area contributed by atoms with E-state index in [1.165, 1.54) is 90.3 Å². The second-order valence-electron chi connectivity index (χ2n) is 22.8. The molecule has 4 saturated heterocycles. The lowest BCUT2D eigenvalue weighted by Gasteiger charge is -2.38. The van der Waals surface area contributed by atoms with Gasteiger partial charge in [0.15, 0.2) is 21.7 Å². The zero-order valence-corrected chi connectivity index (χ0v) is 53.1. The molecule has 4 fully saturated rings. The number of amides is 4. The molecule has 2 aromatic heterocycles. The summed E-state index contributed by atoms with van der Waals surface area (Å²) >= 11 is 15.7. The number of carboxylic acids is 1. The van der Waals surface area contributed by atoms with Crippen molar-refractivity contribution < 1.29 is 56.8 Å². The van der Waals surface area contributed by atoms with Gasteiger partial charge in [-0.25, -0.2) is 42.3 Å². The molecule has 0 saturated carbocycles. The molecular formula is C63H60Cl2F3N13O9S2. The first-order valence-electron chi connectivity index (χ1n) is 29.0. The van der Waals surface area contributed by atoms with Gasteiger partial charge in [0.25, 0.3) is 0 Å². The summed E-state index contributed by atoms with van der Waals surface area (Å²) in [7, 11) is 2.56. The number of ether oxygens (including phenoxy) is 2. The predicted octanol–water partition coefficient (Wildman–Crippen LogP) is 8.07. The summed E-state index contributed by atoms with van der Waals surface area (Å²) in [5.74, 6) is -2.94. The highest BCUT2D eigenvalue weighted by Crippen LogP contribution is 2.41. The molecule has 4 atom stereocenters. The van der Waals surface area contributed by atoms with E-state index in [0.717, 1.165) is 0 Å². The van der Waals surface area contributed by atoms with Gasteiger partial charge in [-0.3, -0.25) is 34.4 Å². The molecule has 8 heterocycles. The topological polar surface area (TPSA) is 262 Å². The number of nitrogens with zero attached hydrogens (tertiary/aromatic N) is 11. The number of carboxylic acid groups (broad SMARTS) is 1. The quantitative estimate of drug-likeness (QED) is 0.0668. The van der Waals surface area contributed by atoms with Crippen molar-refractivity contribution in [3.63, 3.8) is 0 Å². The van der Waals surface area contributed by atoms with Crippen molar-refractivity contribution in [1.29, 1.82) is 5.26 Å². The number of aliphatic carboxylic acids is 1. The smallest absolute Gasteiger partial charge is 0.338 e. The Balaban J connectivity index is 0.000000189. The Morgan fingerprint density at radius 3 is 1.61 bits per heavy atom. The number of hydrogen-bond donors (Lipinski definition) is 4. The number of aliphatic imine (C=N–C) groups is 2. The zero-order chi connectivity index (χ0) is 65.3. The Labute approximate surface area is 544 Å². The van der Waals surface area contributed by atoms with Crippen molar-refractivity contribution in [1.82, 2.24) is 40.2 Å². The summed E-state index contributed by atoms with van der Waals surface area (Å²) in [6.07, 6.45) is 3.62. The fourth-order valence-corrected chi connectivity index (χ4v) is 13.8. The summed E-state index contributed by atoms with van der Waals surface area (Å²) in [6.45, 7) is 6.90. The molecule has 0 spiro atoms. The van der Waals surface area contributed by atoms with Gasteiger partial charge in [0.1, 0.15) is 35.6 Å². The van der Waals surface area contributed by atoms with Gasteiger partial charge in [-0.1, -0.05) is 47.5 Å². The number of methoxy groups -OCH3 is 2. The van der Waals surface area contributed by atoms with Crippen LogP contribution < -0.4 is 20.4 Å². The van der Waals surface area contributed by atoms with Gasteiger partial charge in [0.05, 0.1) is 59.8 Å². The monoisotopic (exact) mass is 1330 g/mol. The molecule has 29 heteroatoms. The number of esters is 2. The molecular weight excluding hydrogens is 1270 g/mol. The third-order valence-electron chi connectivity index (χ3n) is 16.9. The Kier molecular flexibility index (Phi) is 19.2. The third kappa shape index (κ3) is 13.0. The molecule has 6 aliphatic rings. The Bertz CT molecular complexity index is 4070. The van der Waals surface area contributed by atoms with Crippen LogP contribution in [0.2, 0.25) is 10.0 Å². The lowest BCUT2D eigenvalue weighted by atomic mass is 9.84. The largest absolute Gasteiger partial charge is 0.481 e. The van der Waals surface area contributed by atoms with E-state index in [1.54, 1.807) is 70.6 Å². The maximum Gasteiger partial charge on any atom is 0.338 e. The summed E-state index contributed by atoms with van der Waals surface area (Å²) in [5, 5.41) is 40.4. The molecule has 4 amide bonds. The SMILES string of the molecule is COC(=O)C1=C(CN2CCN3C(=O)N(c4ccc(C(C)(C)C(=O)O)cc4C#N)C[C@@H]3C2)NC(c2nccs2)=N[C@H]1c1ccc(F)cc1Cl.COC(=O)C1=C(CN2CCN3C(=O)N(c4ccc(CCO)cc4F)C[C@@H]3C2)NC(c2nccs2)=N[C@H]1c1ccc(F)cc1Cl. The Morgan fingerprint density at radius 2 is 1.18 bits per heavy atom.